The Bertz CT molecular complexity index is 1020. The third-order valence-electron chi connectivity index (χ3n) is 4.88. The molecular formula is C21H19ClN4O2S. The molecule has 3 heterocycles. The van der Waals surface area contributed by atoms with Crippen LogP contribution in [0.4, 0.5) is 0 Å². The number of pyridine rings is 1. The van der Waals surface area contributed by atoms with Gasteiger partial charge in [-0.3, -0.25) is 14.6 Å². The highest BCUT2D eigenvalue weighted by atomic mass is 35.5. The molecule has 3 aromatic rings. The molecule has 148 valence electrons. The van der Waals surface area contributed by atoms with Crippen LogP contribution in [-0.4, -0.2) is 45.8 Å². The maximum Gasteiger partial charge on any atom is 0.263 e. The van der Waals surface area contributed by atoms with Gasteiger partial charge in [-0.1, -0.05) is 29.8 Å². The first-order chi connectivity index (χ1) is 14.1. The van der Waals surface area contributed by atoms with E-state index >= 15 is 0 Å². The Morgan fingerprint density at radius 3 is 2.55 bits per heavy atom. The number of nitrogens with zero attached hydrogens (tertiary/aromatic N) is 3. The minimum absolute atomic E-state index is 0.00372. The van der Waals surface area contributed by atoms with Gasteiger partial charge in [-0.15, -0.1) is 11.3 Å². The van der Waals surface area contributed by atoms with E-state index in [1.54, 1.807) is 36.8 Å². The molecule has 2 aromatic heterocycles. The summed E-state index contributed by atoms with van der Waals surface area (Å²) in [7, 11) is 0. The second kappa shape index (κ2) is 8.71. The number of aromatic nitrogens is 2. The Balaban J connectivity index is 1.34. The monoisotopic (exact) mass is 426 g/mol. The fraction of sp³-hybridized carbons (Fsp3) is 0.238. The molecule has 0 radical (unpaired) electrons. The van der Waals surface area contributed by atoms with Crippen LogP contribution in [0.2, 0.25) is 5.02 Å². The van der Waals surface area contributed by atoms with Crippen LogP contribution >= 0.6 is 22.9 Å². The molecule has 4 rings (SSSR count). The summed E-state index contributed by atoms with van der Waals surface area (Å²) >= 11 is 7.54. The van der Waals surface area contributed by atoms with Gasteiger partial charge in [0.1, 0.15) is 9.88 Å². The zero-order valence-electron chi connectivity index (χ0n) is 15.5. The number of hydrogen-bond donors (Lipinski definition) is 1. The largest absolute Gasteiger partial charge is 0.348 e. The predicted octanol–water partition coefficient (Wildman–Crippen LogP) is 3.89. The molecule has 2 amide bonds. The fourth-order valence-electron chi connectivity index (χ4n) is 3.30. The number of hydrogen-bond acceptors (Lipinski definition) is 5. The molecule has 0 aliphatic carbocycles. The van der Waals surface area contributed by atoms with Gasteiger partial charge < -0.3 is 10.2 Å². The normalized spacial score (nSPS) is 14.6. The maximum absolute atomic E-state index is 12.6. The Kier molecular flexibility index (Phi) is 5.87. The van der Waals surface area contributed by atoms with Gasteiger partial charge in [0, 0.05) is 42.7 Å². The van der Waals surface area contributed by atoms with Crippen LogP contribution in [0.3, 0.4) is 0 Å². The molecule has 1 saturated heterocycles. The van der Waals surface area contributed by atoms with Crippen molar-refractivity contribution in [2.45, 2.75) is 18.9 Å². The zero-order chi connectivity index (χ0) is 20.2. The molecule has 1 aromatic carbocycles. The lowest BCUT2D eigenvalue weighted by atomic mass is 10.0. The first-order valence-corrected chi connectivity index (χ1v) is 10.5. The predicted molar refractivity (Wildman–Crippen MR) is 113 cm³/mol. The third kappa shape index (κ3) is 4.46. The smallest absolute Gasteiger partial charge is 0.263 e. The fourth-order valence-corrected chi connectivity index (χ4v) is 4.44. The number of carbonyl (C=O) groups excluding carboxylic acids is 2. The first-order valence-electron chi connectivity index (χ1n) is 9.32. The molecule has 0 spiro atoms. The van der Waals surface area contributed by atoms with Crippen molar-refractivity contribution in [3.8, 4) is 10.6 Å². The molecule has 0 saturated carbocycles. The molecule has 0 atom stereocenters. The Hall–Kier alpha value is -2.77. The van der Waals surface area contributed by atoms with Gasteiger partial charge in [0.2, 0.25) is 0 Å². The van der Waals surface area contributed by atoms with Crippen molar-refractivity contribution >= 4 is 34.8 Å². The van der Waals surface area contributed by atoms with Crippen molar-refractivity contribution in [1.29, 1.82) is 0 Å². The lowest BCUT2D eigenvalue weighted by molar-refractivity contribution is 0.0698. The minimum Gasteiger partial charge on any atom is -0.348 e. The number of rotatable bonds is 4. The summed E-state index contributed by atoms with van der Waals surface area (Å²) in [6.07, 6.45) is 6.26. The lowest BCUT2D eigenvalue weighted by Gasteiger charge is -2.32. The van der Waals surface area contributed by atoms with Crippen molar-refractivity contribution < 1.29 is 9.59 Å². The van der Waals surface area contributed by atoms with E-state index in [1.807, 2.05) is 23.1 Å². The van der Waals surface area contributed by atoms with Gasteiger partial charge in [0.25, 0.3) is 11.8 Å². The molecule has 1 aliphatic rings. The summed E-state index contributed by atoms with van der Waals surface area (Å²) in [5, 5.41) is 4.40. The van der Waals surface area contributed by atoms with Crippen LogP contribution in [0.5, 0.6) is 0 Å². The Labute approximate surface area is 177 Å². The maximum atomic E-state index is 12.6. The molecule has 1 N–H and O–H groups in total. The van der Waals surface area contributed by atoms with E-state index in [9.17, 15) is 9.59 Å². The van der Waals surface area contributed by atoms with Gasteiger partial charge in [-0.05, 0) is 31.0 Å². The quantitative estimate of drug-likeness (QED) is 0.686. The lowest BCUT2D eigenvalue weighted by Crippen LogP contribution is -2.46. The molecule has 1 aliphatic heterocycles. The van der Waals surface area contributed by atoms with Crippen LogP contribution in [0.1, 0.15) is 32.9 Å². The number of amides is 2. The molecule has 6 nitrogen and oxygen atoms in total. The van der Waals surface area contributed by atoms with E-state index in [-0.39, 0.29) is 17.9 Å². The molecule has 1 fully saturated rings. The first kappa shape index (κ1) is 19.5. The highest BCUT2D eigenvalue weighted by Gasteiger charge is 2.25. The van der Waals surface area contributed by atoms with Crippen molar-refractivity contribution in [3.63, 3.8) is 0 Å². The highest BCUT2D eigenvalue weighted by molar-refractivity contribution is 7.17. The zero-order valence-corrected chi connectivity index (χ0v) is 17.1. The summed E-state index contributed by atoms with van der Waals surface area (Å²) in [5.74, 6) is -0.135. The summed E-state index contributed by atoms with van der Waals surface area (Å²) in [6.45, 7) is 1.22. The molecular weight excluding hydrogens is 408 g/mol. The topological polar surface area (TPSA) is 75.2 Å². The van der Waals surface area contributed by atoms with E-state index in [0.717, 1.165) is 23.4 Å². The summed E-state index contributed by atoms with van der Waals surface area (Å²) in [6, 6.07) is 10.9. The molecule has 0 unspecified atom stereocenters. The molecule has 29 heavy (non-hydrogen) atoms. The van der Waals surface area contributed by atoms with Crippen LogP contribution in [0.15, 0.2) is 55.0 Å². The SMILES string of the molecule is O=C(NC1CCN(C(=O)c2ccncc2)CC1)c1cnc(-c2ccccc2Cl)s1. The third-order valence-corrected chi connectivity index (χ3v) is 6.24. The summed E-state index contributed by atoms with van der Waals surface area (Å²) in [5.41, 5.74) is 1.46. The van der Waals surface area contributed by atoms with Crippen LogP contribution in [0.25, 0.3) is 10.6 Å². The van der Waals surface area contributed by atoms with Crippen LogP contribution < -0.4 is 5.32 Å². The second-order valence-corrected chi connectivity index (χ2v) is 8.22. The number of piperidine rings is 1. The number of likely N-dealkylation sites (tertiary alicyclic amines) is 1. The number of thiazole rings is 1. The van der Waals surface area contributed by atoms with Crippen molar-refractivity contribution in [2.75, 3.05) is 13.1 Å². The van der Waals surface area contributed by atoms with Gasteiger partial charge in [0.05, 0.1) is 11.2 Å². The van der Waals surface area contributed by atoms with E-state index in [0.29, 0.717) is 28.6 Å². The van der Waals surface area contributed by atoms with Crippen LogP contribution in [-0.2, 0) is 0 Å². The average Bonchev–Trinajstić information content (AvgIpc) is 3.25. The van der Waals surface area contributed by atoms with Gasteiger partial charge in [0.15, 0.2) is 0 Å². The average molecular weight is 427 g/mol. The Morgan fingerprint density at radius 1 is 1.10 bits per heavy atom. The number of benzene rings is 1. The van der Waals surface area contributed by atoms with Crippen molar-refractivity contribution in [2.24, 2.45) is 0 Å². The number of halogens is 1. The minimum atomic E-state index is -0.139. The van der Waals surface area contributed by atoms with E-state index < -0.39 is 0 Å². The standard InChI is InChI=1S/C21H19ClN4O2S/c22-17-4-2-1-3-16(17)20-24-13-18(29-20)19(27)25-15-7-11-26(12-8-15)21(28)14-5-9-23-10-6-14/h1-6,9-10,13,15H,7-8,11-12H2,(H,25,27). The summed E-state index contributed by atoms with van der Waals surface area (Å²) < 4.78 is 0. The van der Waals surface area contributed by atoms with Gasteiger partial charge in [-0.25, -0.2) is 4.98 Å². The van der Waals surface area contributed by atoms with E-state index in [1.165, 1.54) is 11.3 Å². The van der Waals surface area contributed by atoms with Crippen molar-refractivity contribution in [1.82, 2.24) is 20.2 Å². The van der Waals surface area contributed by atoms with E-state index in [2.05, 4.69) is 15.3 Å². The number of carbonyl (C=O) groups is 2. The summed E-state index contributed by atoms with van der Waals surface area (Å²) in [4.78, 5) is 35.8. The molecule has 8 heteroatoms. The number of nitrogens with one attached hydrogen (secondary N) is 1. The van der Waals surface area contributed by atoms with Gasteiger partial charge >= 0.3 is 0 Å². The Morgan fingerprint density at radius 2 is 1.83 bits per heavy atom. The van der Waals surface area contributed by atoms with Crippen molar-refractivity contribution in [3.05, 3.63) is 70.5 Å². The highest BCUT2D eigenvalue weighted by Crippen LogP contribution is 2.31. The van der Waals surface area contributed by atoms with Gasteiger partial charge in [-0.2, -0.15) is 0 Å². The van der Waals surface area contributed by atoms with E-state index in [4.69, 9.17) is 11.6 Å². The second-order valence-electron chi connectivity index (χ2n) is 6.79. The van der Waals surface area contributed by atoms with Crippen LogP contribution in [0, 0.1) is 0 Å². The molecule has 0 bridgehead atoms.